The molecule has 162 valence electrons. The average Bonchev–Trinajstić information content (AvgIpc) is 3.34. The van der Waals surface area contributed by atoms with Crippen molar-refractivity contribution >= 4 is 29.1 Å². The van der Waals surface area contributed by atoms with Gasteiger partial charge in [-0.1, -0.05) is 35.9 Å². The zero-order valence-corrected chi connectivity index (χ0v) is 17.2. The number of amides is 1. The van der Waals surface area contributed by atoms with Gasteiger partial charge in [-0.25, -0.2) is 4.39 Å². The highest BCUT2D eigenvalue weighted by atomic mass is 35.5. The predicted molar refractivity (Wildman–Crippen MR) is 115 cm³/mol. The maximum absolute atomic E-state index is 13.3. The summed E-state index contributed by atoms with van der Waals surface area (Å²) in [4.78, 5) is 22.7. The average molecular weight is 455 g/mol. The van der Waals surface area contributed by atoms with Crippen molar-refractivity contribution in [2.45, 2.75) is 13.1 Å². The molecule has 0 aliphatic heterocycles. The number of nitrogens with zero attached hydrogens (tertiary/aromatic N) is 5. The van der Waals surface area contributed by atoms with Crippen molar-refractivity contribution in [2.75, 3.05) is 5.32 Å². The molecule has 4 aromatic rings. The van der Waals surface area contributed by atoms with Gasteiger partial charge in [0.2, 0.25) is 0 Å². The summed E-state index contributed by atoms with van der Waals surface area (Å²) in [6.07, 6.45) is 3.07. The van der Waals surface area contributed by atoms with Crippen LogP contribution >= 0.6 is 11.6 Å². The van der Waals surface area contributed by atoms with Crippen LogP contribution in [0, 0.1) is 15.9 Å². The molecule has 0 aliphatic rings. The van der Waals surface area contributed by atoms with E-state index in [0.29, 0.717) is 17.9 Å². The van der Waals surface area contributed by atoms with Crippen molar-refractivity contribution in [1.29, 1.82) is 0 Å². The fraction of sp³-hybridized carbons (Fsp3) is 0.0952. The van der Waals surface area contributed by atoms with Crippen molar-refractivity contribution in [3.63, 3.8) is 0 Å². The molecule has 0 saturated heterocycles. The molecule has 32 heavy (non-hydrogen) atoms. The summed E-state index contributed by atoms with van der Waals surface area (Å²) < 4.78 is 16.3. The van der Waals surface area contributed by atoms with Gasteiger partial charge in [0.1, 0.15) is 5.82 Å². The number of anilines is 1. The second kappa shape index (κ2) is 8.98. The molecular weight excluding hydrogens is 439 g/mol. The molecule has 2 heterocycles. The van der Waals surface area contributed by atoms with Gasteiger partial charge < -0.3 is 15.4 Å². The van der Waals surface area contributed by atoms with E-state index in [0.717, 1.165) is 11.1 Å². The van der Waals surface area contributed by atoms with Gasteiger partial charge in [-0.15, -0.1) is 0 Å². The number of nitro groups is 1. The molecule has 0 atom stereocenters. The van der Waals surface area contributed by atoms with E-state index in [9.17, 15) is 19.3 Å². The van der Waals surface area contributed by atoms with E-state index in [1.807, 2.05) is 0 Å². The van der Waals surface area contributed by atoms with Crippen LogP contribution < -0.4 is 5.32 Å². The molecule has 0 aliphatic carbocycles. The Bertz CT molecular complexity index is 1280. The van der Waals surface area contributed by atoms with Crippen LogP contribution in [0.3, 0.4) is 0 Å². The monoisotopic (exact) mass is 454 g/mol. The number of halogens is 2. The van der Waals surface area contributed by atoms with Gasteiger partial charge >= 0.3 is 5.82 Å². The third kappa shape index (κ3) is 4.98. The fourth-order valence-electron chi connectivity index (χ4n) is 3.07. The van der Waals surface area contributed by atoms with Gasteiger partial charge in [-0.05, 0) is 40.3 Å². The molecule has 0 unspecified atom stereocenters. The Labute approximate surface area is 186 Å². The smallest absolute Gasteiger partial charge is 0.358 e. The minimum Gasteiger partial charge on any atom is -0.358 e. The Morgan fingerprint density at radius 2 is 1.81 bits per heavy atom. The predicted octanol–water partition coefficient (Wildman–Crippen LogP) is 4.13. The van der Waals surface area contributed by atoms with E-state index in [2.05, 4.69) is 15.5 Å². The quantitative estimate of drug-likeness (QED) is 0.333. The van der Waals surface area contributed by atoms with Gasteiger partial charge in [-0.2, -0.15) is 9.78 Å². The van der Waals surface area contributed by atoms with Crippen LogP contribution in [0.25, 0.3) is 0 Å². The maximum Gasteiger partial charge on any atom is 0.408 e. The Kier molecular flexibility index (Phi) is 5.95. The minimum absolute atomic E-state index is 0.0390. The number of hydrogen-bond acceptors (Lipinski definition) is 5. The normalized spacial score (nSPS) is 10.8. The summed E-state index contributed by atoms with van der Waals surface area (Å²) in [7, 11) is 0. The van der Waals surface area contributed by atoms with Crippen molar-refractivity contribution < 1.29 is 14.1 Å². The lowest BCUT2D eigenvalue weighted by molar-refractivity contribution is -0.389. The zero-order chi connectivity index (χ0) is 22.7. The number of nitrogens with one attached hydrogen (secondary N) is 1. The number of carbonyl (C=O) groups excluding carboxylic acids is 1. The van der Waals surface area contributed by atoms with Gasteiger partial charge in [0.15, 0.2) is 10.8 Å². The Hall–Kier alpha value is -4.05. The van der Waals surface area contributed by atoms with E-state index >= 15 is 0 Å². The van der Waals surface area contributed by atoms with Crippen LogP contribution in [0.2, 0.25) is 5.02 Å². The van der Waals surface area contributed by atoms with Crippen LogP contribution in [0.1, 0.15) is 21.5 Å². The van der Waals surface area contributed by atoms with E-state index in [4.69, 9.17) is 11.6 Å². The molecular formula is C21H16ClFN6O3. The SMILES string of the molecule is O=C(Nc1ccn(Cc2cccc(F)c2)n1)c1ccc(Cn2cc(Cl)c([N+](=O)[O-])n2)cc1. The lowest BCUT2D eigenvalue weighted by Crippen LogP contribution is -2.13. The second-order valence-corrected chi connectivity index (χ2v) is 7.34. The van der Waals surface area contributed by atoms with Crippen molar-refractivity contribution in [3.05, 3.63) is 105 Å². The van der Waals surface area contributed by atoms with Crippen LogP contribution in [-0.4, -0.2) is 30.4 Å². The lowest BCUT2D eigenvalue weighted by atomic mass is 10.1. The molecule has 2 aromatic heterocycles. The van der Waals surface area contributed by atoms with E-state index < -0.39 is 10.7 Å². The molecule has 0 radical (unpaired) electrons. The highest BCUT2D eigenvalue weighted by Crippen LogP contribution is 2.22. The second-order valence-electron chi connectivity index (χ2n) is 6.93. The third-order valence-electron chi connectivity index (χ3n) is 4.55. The number of benzene rings is 2. The Balaban J connectivity index is 1.37. The molecule has 2 aromatic carbocycles. The standard InChI is InChI=1S/C21H16ClFN6O3/c22-18-13-28(26-20(18)29(31)32)11-14-4-6-16(7-5-14)21(30)24-19-8-9-27(25-19)12-15-2-1-3-17(23)10-15/h1-10,13H,11-12H2,(H,24,25,30). The Morgan fingerprint density at radius 1 is 1.06 bits per heavy atom. The van der Waals surface area contributed by atoms with Crippen LogP contribution in [-0.2, 0) is 13.1 Å². The van der Waals surface area contributed by atoms with E-state index in [1.165, 1.54) is 23.0 Å². The third-order valence-corrected chi connectivity index (χ3v) is 4.82. The lowest BCUT2D eigenvalue weighted by Gasteiger charge is -2.05. The van der Waals surface area contributed by atoms with Crippen molar-refractivity contribution in [3.8, 4) is 0 Å². The molecule has 11 heteroatoms. The molecule has 9 nitrogen and oxygen atoms in total. The van der Waals surface area contributed by atoms with Crippen molar-refractivity contribution in [2.24, 2.45) is 0 Å². The summed E-state index contributed by atoms with van der Waals surface area (Å²) in [5.41, 5.74) is 1.96. The molecule has 0 spiro atoms. The molecule has 0 saturated carbocycles. The van der Waals surface area contributed by atoms with Crippen LogP contribution in [0.4, 0.5) is 16.0 Å². The molecule has 0 fully saturated rings. The molecule has 1 amide bonds. The first-order valence-electron chi connectivity index (χ1n) is 9.43. The van der Waals surface area contributed by atoms with Crippen LogP contribution in [0.5, 0.6) is 0 Å². The van der Waals surface area contributed by atoms with Gasteiger partial charge in [0, 0.05) is 17.8 Å². The zero-order valence-electron chi connectivity index (χ0n) is 16.5. The fourth-order valence-corrected chi connectivity index (χ4v) is 3.29. The first kappa shape index (κ1) is 21.2. The maximum atomic E-state index is 13.3. The minimum atomic E-state index is -0.647. The van der Waals surface area contributed by atoms with Gasteiger partial charge in [0.25, 0.3) is 5.91 Å². The molecule has 4 rings (SSSR count). The van der Waals surface area contributed by atoms with E-state index in [-0.39, 0.29) is 23.3 Å². The number of hydrogen-bond donors (Lipinski definition) is 1. The van der Waals surface area contributed by atoms with E-state index in [1.54, 1.807) is 53.3 Å². The number of aromatic nitrogens is 4. The summed E-state index contributed by atoms with van der Waals surface area (Å²) in [6.45, 7) is 0.637. The number of rotatable bonds is 7. The summed E-state index contributed by atoms with van der Waals surface area (Å²) >= 11 is 5.80. The summed E-state index contributed by atoms with van der Waals surface area (Å²) in [5.74, 6) is -0.695. The topological polar surface area (TPSA) is 108 Å². The first-order chi connectivity index (χ1) is 15.4. The first-order valence-corrected chi connectivity index (χ1v) is 9.81. The number of carbonyl (C=O) groups is 1. The van der Waals surface area contributed by atoms with Crippen molar-refractivity contribution in [1.82, 2.24) is 19.6 Å². The molecule has 0 bridgehead atoms. The Morgan fingerprint density at radius 3 is 2.50 bits per heavy atom. The van der Waals surface area contributed by atoms with Crippen LogP contribution in [0.15, 0.2) is 67.0 Å². The molecule has 1 N–H and O–H groups in total. The summed E-state index contributed by atoms with van der Waals surface area (Å²) in [5, 5.41) is 21.6. The largest absolute Gasteiger partial charge is 0.408 e. The van der Waals surface area contributed by atoms with Gasteiger partial charge in [0.05, 0.1) is 24.4 Å². The van der Waals surface area contributed by atoms with Gasteiger partial charge in [-0.3, -0.25) is 9.48 Å². The summed E-state index contributed by atoms with van der Waals surface area (Å²) in [6, 6.07) is 14.6. The highest BCUT2D eigenvalue weighted by Gasteiger charge is 2.19. The highest BCUT2D eigenvalue weighted by molar-refractivity contribution is 6.32.